The van der Waals surface area contributed by atoms with Crippen LogP contribution in [0.15, 0.2) is 77.9 Å². The van der Waals surface area contributed by atoms with E-state index in [1.807, 2.05) is 74.5 Å². The minimum atomic E-state index is -0.347. The largest absolute Gasteiger partial charge is 0.481 e. The molecule has 10 nitrogen and oxygen atoms in total. The second-order valence-electron chi connectivity index (χ2n) is 12.9. The standard InChI is InChI=1S/C38H40Cl2N6O4/c1-38(2,50-4)22-42-19-25-20-43-32-17-23(15-16-46(32)37(25)48)27-7-5-8-28(34(27)39)29-9-6-10-30(35(29)40)31-13-11-24(36(45-31)49-3)18-41-21-26-12-14-33(47)44-26/h5-11,13,15-17,20,26,41-42H,12,14,18-19,21-22H2,1-4H3,(H,44,47). The van der Waals surface area contributed by atoms with Crippen molar-refractivity contribution in [2.45, 2.75) is 51.4 Å². The van der Waals surface area contributed by atoms with Crippen molar-refractivity contribution >= 4 is 34.8 Å². The molecule has 12 heteroatoms. The Bertz CT molecular complexity index is 2100. The number of pyridine rings is 2. The number of amides is 1. The van der Waals surface area contributed by atoms with Gasteiger partial charge in [0, 0.05) is 91.5 Å². The first-order chi connectivity index (χ1) is 24.1. The third-order valence-corrected chi connectivity index (χ3v) is 9.81. The molecule has 0 bridgehead atoms. The Morgan fingerprint density at radius 3 is 2.32 bits per heavy atom. The molecular weight excluding hydrogens is 675 g/mol. The van der Waals surface area contributed by atoms with Gasteiger partial charge in [0.05, 0.1) is 28.5 Å². The lowest BCUT2D eigenvalue weighted by Crippen LogP contribution is -2.37. The number of methoxy groups -OCH3 is 2. The molecule has 1 fully saturated rings. The molecule has 50 heavy (non-hydrogen) atoms. The first kappa shape index (κ1) is 35.5. The van der Waals surface area contributed by atoms with Crippen molar-refractivity contribution in [3.05, 3.63) is 105 Å². The average molecular weight is 716 g/mol. The van der Waals surface area contributed by atoms with Crippen LogP contribution in [0.2, 0.25) is 10.0 Å². The predicted molar refractivity (Wildman–Crippen MR) is 198 cm³/mol. The summed E-state index contributed by atoms with van der Waals surface area (Å²) in [5.41, 5.74) is 6.00. The van der Waals surface area contributed by atoms with Gasteiger partial charge in [-0.3, -0.25) is 14.0 Å². The van der Waals surface area contributed by atoms with E-state index in [1.54, 1.807) is 26.6 Å². The number of benzene rings is 2. The van der Waals surface area contributed by atoms with Gasteiger partial charge in [-0.25, -0.2) is 9.97 Å². The van der Waals surface area contributed by atoms with Gasteiger partial charge in [-0.1, -0.05) is 65.7 Å². The van der Waals surface area contributed by atoms with Crippen molar-refractivity contribution < 1.29 is 14.3 Å². The van der Waals surface area contributed by atoms with E-state index in [2.05, 4.69) is 20.9 Å². The molecule has 1 aliphatic heterocycles. The Morgan fingerprint density at radius 1 is 0.920 bits per heavy atom. The molecule has 0 spiro atoms. The lowest BCUT2D eigenvalue weighted by atomic mass is 9.97. The van der Waals surface area contributed by atoms with Crippen LogP contribution < -0.4 is 26.2 Å². The zero-order chi connectivity index (χ0) is 35.4. The zero-order valence-corrected chi connectivity index (χ0v) is 30.0. The topological polar surface area (TPSA) is 119 Å². The number of halogens is 2. The summed E-state index contributed by atoms with van der Waals surface area (Å²) in [6, 6.07) is 19.3. The number of nitrogens with one attached hydrogen (secondary N) is 3. The maximum atomic E-state index is 13.2. The van der Waals surface area contributed by atoms with Crippen molar-refractivity contribution in [3.63, 3.8) is 0 Å². The highest BCUT2D eigenvalue weighted by Gasteiger charge is 2.21. The Labute approximate surface area is 301 Å². The van der Waals surface area contributed by atoms with E-state index < -0.39 is 0 Å². The van der Waals surface area contributed by atoms with Gasteiger partial charge in [0.1, 0.15) is 5.65 Å². The van der Waals surface area contributed by atoms with Gasteiger partial charge in [0.25, 0.3) is 5.56 Å². The van der Waals surface area contributed by atoms with Crippen molar-refractivity contribution in [2.75, 3.05) is 27.3 Å². The molecule has 1 atom stereocenters. The molecule has 0 saturated carbocycles. The number of rotatable bonds is 13. The summed E-state index contributed by atoms with van der Waals surface area (Å²) in [4.78, 5) is 34.1. The summed E-state index contributed by atoms with van der Waals surface area (Å²) in [6.45, 7) is 6.14. The van der Waals surface area contributed by atoms with E-state index in [9.17, 15) is 9.59 Å². The monoisotopic (exact) mass is 714 g/mol. The minimum absolute atomic E-state index is 0.0952. The highest BCUT2D eigenvalue weighted by atomic mass is 35.5. The highest BCUT2D eigenvalue weighted by Crippen LogP contribution is 2.42. The molecule has 4 heterocycles. The zero-order valence-electron chi connectivity index (χ0n) is 28.5. The van der Waals surface area contributed by atoms with Gasteiger partial charge in [0.15, 0.2) is 0 Å². The third kappa shape index (κ3) is 7.70. The molecule has 260 valence electrons. The molecule has 1 aliphatic rings. The Balaban J connectivity index is 1.24. The fraction of sp³-hybridized carbons (Fsp3) is 0.316. The van der Waals surface area contributed by atoms with Crippen molar-refractivity contribution in [1.29, 1.82) is 0 Å². The van der Waals surface area contributed by atoms with Gasteiger partial charge < -0.3 is 25.4 Å². The molecule has 3 N–H and O–H groups in total. The van der Waals surface area contributed by atoms with Crippen LogP contribution in [0.4, 0.5) is 0 Å². The summed E-state index contributed by atoms with van der Waals surface area (Å²) < 4.78 is 12.6. The average Bonchev–Trinajstić information content (AvgIpc) is 3.54. The summed E-state index contributed by atoms with van der Waals surface area (Å²) in [5.74, 6) is 0.590. The summed E-state index contributed by atoms with van der Waals surface area (Å²) in [7, 11) is 3.26. The van der Waals surface area contributed by atoms with Gasteiger partial charge in [0.2, 0.25) is 11.8 Å². The minimum Gasteiger partial charge on any atom is -0.481 e. The van der Waals surface area contributed by atoms with Crippen LogP contribution in [0, 0.1) is 0 Å². The molecule has 0 aliphatic carbocycles. The molecule has 1 unspecified atom stereocenters. The van der Waals surface area contributed by atoms with Gasteiger partial charge in [-0.15, -0.1) is 0 Å². The van der Waals surface area contributed by atoms with Crippen molar-refractivity contribution in [1.82, 2.24) is 30.3 Å². The fourth-order valence-electron chi connectivity index (χ4n) is 6.02. The number of aromatic nitrogens is 3. The first-order valence-corrected chi connectivity index (χ1v) is 17.2. The highest BCUT2D eigenvalue weighted by molar-refractivity contribution is 6.39. The van der Waals surface area contributed by atoms with E-state index in [0.717, 1.165) is 39.8 Å². The van der Waals surface area contributed by atoms with Crippen LogP contribution in [0.25, 0.3) is 39.2 Å². The lowest BCUT2D eigenvalue weighted by Gasteiger charge is -2.23. The molecule has 3 aromatic heterocycles. The summed E-state index contributed by atoms with van der Waals surface area (Å²) in [5, 5.41) is 10.7. The molecule has 6 rings (SSSR count). The van der Waals surface area contributed by atoms with E-state index in [0.29, 0.717) is 65.4 Å². The smallest absolute Gasteiger partial charge is 0.262 e. The maximum absolute atomic E-state index is 13.2. The number of ether oxygens (including phenoxy) is 2. The number of hydrogen-bond acceptors (Lipinski definition) is 8. The van der Waals surface area contributed by atoms with Crippen LogP contribution in [-0.2, 0) is 22.6 Å². The number of nitrogens with zero attached hydrogens (tertiary/aromatic N) is 3. The summed E-state index contributed by atoms with van der Waals surface area (Å²) >= 11 is 14.2. The maximum Gasteiger partial charge on any atom is 0.262 e. The second-order valence-corrected chi connectivity index (χ2v) is 13.7. The van der Waals surface area contributed by atoms with Gasteiger partial charge >= 0.3 is 0 Å². The number of fused-ring (bicyclic) bond motifs is 1. The van der Waals surface area contributed by atoms with E-state index in [1.165, 1.54) is 4.40 Å². The number of hydrogen-bond donors (Lipinski definition) is 3. The van der Waals surface area contributed by atoms with Gasteiger partial charge in [-0.2, -0.15) is 0 Å². The Morgan fingerprint density at radius 2 is 1.62 bits per heavy atom. The molecule has 1 saturated heterocycles. The number of carbonyl (C=O) groups excluding carboxylic acids is 1. The normalized spacial score (nSPS) is 14.7. The van der Waals surface area contributed by atoms with Crippen LogP contribution in [0.1, 0.15) is 37.8 Å². The predicted octanol–water partition coefficient (Wildman–Crippen LogP) is 6.29. The van der Waals surface area contributed by atoms with E-state index >= 15 is 0 Å². The first-order valence-electron chi connectivity index (χ1n) is 16.5. The quantitative estimate of drug-likeness (QED) is 0.130. The fourth-order valence-corrected chi connectivity index (χ4v) is 6.68. The number of carbonyl (C=O) groups is 1. The molecular formula is C38H40Cl2N6O4. The van der Waals surface area contributed by atoms with Crippen LogP contribution in [-0.4, -0.2) is 59.2 Å². The summed E-state index contributed by atoms with van der Waals surface area (Å²) in [6.07, 6.45) is 4.74. The molecule has 2 aromatic carbocycles. The second kappa shape index (κ2) is 15.3. The van der Waals surface area contributed by atoms with Crippen molar-refractivity contribution in [3.8, 4) is 39.4 Å². The van der Waals surface area contributed by atoms with E-state index in [4.69, 9.17) is 37.7 Å². The molecule has 5 aromatic rings. The third-order valence-electron chi connectivity index (χ3n) is 9.00. The van der Waals surface area contributed by atoms with Crippen LogP contribution in [0.3, 0.4) is 0 Å². The lowest BCUT2D eigenvalue weighted by molar-refractivity contribution is -0.119. The van der Waals surface area contributed by atoms with E-state index in [-0.39, 0.29) is 23.1 Å². The van der Waals surface area contributed by atoms with Gasteiger partial charge in [-0.05, 0) is 44.0 Å². The Kier molecular flexibility index (Phi) is 10.9. The molecule has 1 amide bonds. The van der Waals surface area contributed by atoms with Crippen LogP contribution >= 0.6 is 23.2 Å². The molecule has 0 radical (unpaired) electrons. The van der Waals surface area contributed by atoms with Crippen molar-refractivity contribution in [2.24, 2.45) is 0 Å². The Hall–Kier alpha value is -4.32. The van der Waals surface area contributed by atoms with Crippen LogP contribution in [0.5, 0.6) is 5.88 Å². The SMILES string of the molecule is COc1nc(-c2cccc(-c3cccc(-c4ccn5c(=O)c(CNCC(C)(C)OC)cnc5c4)c3Cl)c2Cl)ccc1CNCC1CCC(=O)N1.